The smallest absolute Gasteiger partial charge is 0.260 e. The lowest BCUT2D eigenvalue weighted by Gasteiger charge is -2.14. The van der Waals surface area contributed by atoms with Gasteiger partial charge in [-0.1, -0.05) is 27.5 Å². The van der Waals surface area contributed by atoms with Gasteiger partial charge in [-0.3, -0.25) is 9.36 Å². The largest absolute Gasteiger partial charge is 0.357 e. The van der Waals surface area contributed by atoms with E-state index in [9.17, 15) is 4.79 Å². The van der Waals surface area contributed by atoms with Crippen LogP contribution in [-0.4, -0.2) is 28.1 Å². The summed E-state index contributed by atoms with van der Waals surface area (Å²) in [6, 6.07) is 7.25. The van der Waals surface area contributed by atoms with Gasteiger partial charge < -0.3 is 11.1 Å². The number of aryl methyl sites for hydroxylation is 1. The standard InChI is InChI=1S/C18H19BrClN5O/c1-22-18-23-10-11-8-14(13-9-12(19)4-5-15(13)20)17(26)25(16(11)24-18)7-3-2-6-21/h4-5,8-10H,2-3,6-7,21H2,1H3,(H,22,23,24). The topological polar surface area (TPSA) is 85.8 Å². The maximum absolute atomic E-state index is 13.2. The van der Waals surface area contributed by atoms with Crippen molar-refractivity contribution in [3.63, 3.8) is 0 Å². The second-order valence-corrected chi connectivity index (χ2v) is 7.18. The second-order valence-electron chi connectivity index (χ2n) is 5.86. The van der Waals surface area contributed by atoms with E-state index in [2.05, 4.69) is 31.2 Å². The molecule has 0 atom stereocenters. The number of hydrogen-bond acceptors (Lipinski definition) is 5. The summed E-state index contributed by atoms with van der Waals surface area (Å²) in [5.41, 5.74) is 7.27. The van der Waals surface area contributed by atoms with Gasteiger partial charge in [-0.2, -0.15) is 4.98 Å². The predicted octanol–water partition coefficient (Wildman–Crippen LogP) is 3.66. The molecular weight excluding hydrogens is 418 g/mol. The van der Waals surface area contributed by atoms with Gasteiger partial charge in [0.2, 0.25) is 5.95 Å². The van der Waals surface area contributed by atoms with Crippen LogP contribution in [0.4, 0.5) is 5.95 Å². The van der Waals surface area contributed by atoms with Gasteiger partial charge in [0, 0.05) is 45.8 Å². The Morgan fingerprint density at radius 3 is 2.81 bits per heavy atom. The summed E-state index contributed by atoms with van der Waals surface area (Å²) in [6.07, 6.45) is 3.34. The first-order valence-electron chi connectivity index (χ1n) is 8.29. The fourth-order valence-corrected chi connectivity index (χ4v) is 3.38. The minimum Gasteiger partial charge on any atom is -0.357 e. The van der Waals surface area contributed by atoms with Crippen molar-refractivity contribution in [2.24, 2.45) is 5.73 Å². The third-order valence-electron chi connectivity index (χ3n) is 4.11. The van der Waals surface area contributed by atoms with Crippen molar-refractivity contribution in [3.8, 4) is 11.1 Å². The SMILES string of the molecule is CNc1ncc2cc(-c3cc(Br)ccc3Cl)c(=O)n(CCCCN)c2n1. The molecule has 0 saturated heterocycles. The fourth-order valence-electron chi connectivity index (χ4n) is 2.80. The highest BCUT2D eigenvalue weighted by Crippen LogP contribution is 2.30. The summed E-state index contributed by atoms with van der Waals surface area (Å²) in [5, 5.41) is 4.21. The van der Waals surface area contributed by atoms with Crippen molar-refractivity contribution < 1.29 is 0 Å². The van der Waals surface area contributed by atoms with E-state index in [4.69, 9.17) is 17.3 Å². The van der Waals surface area contributed by atoms with Crippen LogP contribution in [0.5, 0.6) is 0 Å². The van der Waals surface area contributed by atoms with Crippen LogP contribution in [0.25, 0.3) is 22.2 Å². The first-order valence-corrected chi connectivity index (χ1v) is 9.46. The average molecular weight is 437 g/mol. The summed E-state index contributed by atoms with van der Waals surface area (Å²) in [4.78, 5) is 22.0. The van der Waals surface area contributed by atoms with Gasteiger partial charge in [-0.15, -0.1) is 0 Å². The minimum atomic E-state index is -0.129. The lowest BCUT2D eigenvalue weighted by molar-refractivity contribution is 0.612. The Bertz CT molecular complexity index is 1000. The summed E-state index contributed by atoms with van der Waals surface area (Å²) < 4.78 is 2.54. The molecule has 0 spiro atoms. The van der Waals surface area contributed by atoms with Crippen LogP contribution in [0.1, 0.15) is 12.8 Å². The molecule has 3 aromatic rings. The molecule has 2 heterocycles. The fraction of sp³-hybridized carbons (Fsp3) is 0.278. The van der Waals surface area contributed by atoms with E-state index < -0.39 is 0 Å². The summed E-state index contributed by atoms with van der Waals surface area (Å²) in [5.74, 6) is 0.470. The van der Waals surface area contributed by atoms with Crippen molar-refractivity contribution in [2.75, 3.05) is 18.9 Å². The van der Waals surface area contributed by atoms with Gasteiger partial charge in [0.25, 0.3) is 5.56 Å². The van der Waals surface area contributed by atoms with E-state index in [0.29, 0.717) is 40.8 Å². The lowest BCUT2D eigenvalue weighted by atomic mass is 10.1. The van der Waals surface area contributed by atoms with Crippen molar-refractivity contribution in [2.45, 2.75) is 19.4 Å². The first kappa shape index (κ1) is 18.8. The molecule has 0 aliphatic heterocycles. The van der Waals surface area contributed by atoms with Crippen molar-refractivity contribution >= 4 is 44.5 Å². The van der Waals surface area contributed by atoms with Crippen molar-refractivity contribution in [3.05, 3.63) is 50.3 Å². The molecule has 0 amide bonds. The quantitative estimate of drug-likeness (QED) is 0.576. The molecule has 1 aromatic carbocycles. The van der Waals surface area contributed by atoms with Crippen LogP contribution in [0.3, 0.4) is 0 Å². The molecule has 0 unspecified atom stereocenters. The normalized spacial score (nSPS) is 11.1. The molecule has 6 nitrogen and oxygen atoms in total. The number of aromatic nitrogens is 3. The molecule has 0 aliphatic rings. The zero-order valence-corrected chi connectivity index (χ0v) is 16.6. The van der Waals surface area contributed by atoms with Gasteiger partial charge >= 0.3 is 0 Å². The molecule has 0 bridgehead atoms. The molecule has 0 radical (unpaired) electrons. The molecule has 0 aliphatic carbocycles. The van der Waals surface area contributed by atoms with Gasteiger partial charge in [0.05, 0.1) is 0 Å². The van der Waals surface area contributed by atoms with E-state index >= 15 is 0 Å². The first-order chi connectivity index (χ1) is 12.5. The van der Waals surface area contributed by atoms with Crippen molar-refractivity contribution in [1.82, 2.24) is 14.5 Å². The number of rotatable bonds is 6. The second kappa shape index (κ2) is 8.16. The minimum absolute atomic E-state index is 0.129. The van der Waals surface area contributed by atoms with Crippen LogP contribution < -0.4 is 16.6 Å². The third-order valence-corrected chi connectivity index (χ3v) is 4.93. The zero-order chi connectivity index (χ0) is 18.7. The van der Waals surface area contributed by atoms with Gasteiger partial charge in [0.15, 0.2) is 0 Å². The maximum atomic E-state index is 13.2. The highest BCUT2D eigenvalue weighted by atomic mass is 79.9. The Hall–Kier alpha value is -1.96. The Morgan fingerprint density at radius 2 is 2.08 bits per heavy atom. The third kappa shape index (κ3) is 3.75. The number of pyridine rings is 1. The van der Waals surface area contributed by atoms with Gasteiger partial charge in [0.1, 0.15) is 5.65 Å². The number of unbranched alkanes of at least 4 members (excludes halogenated alkanes) is 1. The number of nitrogens with two attached hydrogens (primary N) is 1. The number of anilines is 1. The molecular formula is C18H19BrClN5O. The predicted molar refractivity (Wildman–Crippen MR) is 110 cm³/mol. The average Bonchev–Trinajstić information content (AvgIpc) is 2.65. The van der Waals surface area contributed by atoms with Gasteiger partial charge in [-0.05, 0) is 43.7 Å². The number of benzene rings is 1. The van der Waals surface area contributed by atoms with Crippen molar-refractivity contribution in [1.29, 1.82) is 0 Å². The van der Waals surface area contributed by atoms with E-state index in [0.717, 1.165) is 22.7 Å². The van der Waals surface area contributed by atoms with E-state index in [1.54, 1.807) is 29.9 Å². The molecule has 3 N–H and O–H groups in total. The highest BCUT2D eigenvalue weighted by Gasteiger charge is 2.15. The number of nitrogens with zero attached hydrogens (tertiary/aromatic N) is 3. The summed E-state index contributed by atoms with van der Waals surface area (Å²) in [7, 11) is 1.74. The highest BCUT2D eigenvalue weighted by molar-refractivity contribution is 9.10. The number of nitrogens with one attached hydrogen (secondary N) is 1. The Morgan fingerprint density at radius 1 is 1.27 bits per heavy atom. The molecule has 8 heteroatoms. The molecule has 2 aromatic heterocycles. The zero-order valence-electron chi connectivity index (χ0n) is 14.3. The summed E-state index contributed by atoms with van der Waals surface area (Å²) >= 11 is 9.80. The van der Waals surface area contributed by atoms with Crippen LogP contribution >= 0.6 is 27.5 Å². The Labute approximate surface area is 164 Å². The maximum Gasteiger partial charge on any atom is 0.260 e. The van der Waals surface area contributed by atoms with Crippen LogP contribution in [-0.2, 0) is 6.54 Å². The summed E-state index contributed by atoms with van der Waals surface area (Å²) in [6.45, 7) is 1.12. The molecule has 136 valence electrons. The van der Waals surface area contributed by atoms with E-state index in [1.807, 2.05) is 12.1 Å². The molecule has 0 fully saturated rings. The van der Waals surface area contributed by atoms with E-state index in [-0.39, 0.29) is 5.56 Å². The molecule has 0 saturated carbocycles. The van der Waals surface area contributed by atoms with Crippen LogP contribution in [0, 0.1) is 0 Å². The van der Waals surface area contributed by atoms with E-state index in [1.165, 1.54) is 0 Å². The van der Waals surface area contributed by atoms with Gasteiger partial charge in [-0.25, -0.2) is 4.98 Å². The monoisotopic (exact) mass is 435 g/mol. The number of halogens is 2. The molecule has 26 heavy (non-hydrogen) atoms. The molecule has 3 rings (SSSR count). The number of hydrogen-bond donors (Lipinski definition) is 2. The van der Waals surface area contributed by atoms with Crippen LogP contribution in [0.15, 0.2) is 39.7 Å². The van der Waals surface area contributed by atoms with Crippen LogP contribution in [0.2, 0.25) is 5.02 Å². The lowest BCUT2D eigenvalue weighted by Crippen LogP contribution is -2.24. The number of fused-ring (bicyclic) bond motifs is 1. The Balaban J connectivity index is 2.26. The Kier molecular flexibility index (Phi) is 5.90.